The molecule has 7 heteroatoms. The number of thiazole rings is 1. The largest absolute Gasteiger partial charge is 0.364 e. The van der Waals surface area contributed by atoms with Gasteiger partial charge < -0.3 is 5.73 Å². The van der Waals surface area contributed by atoms with Crippen molar-refractivity contribution >= 4 is 44.2 Å². The molecular weight excluding hydrogens is 318 g/mol. The van der Waals surface area contributed by atoms with E-state index >= 15 is 0 Å². The van der Waals surface area contributed by atoms with Crippen molar-refractivity contribution in [1.82, 2.24) is 4.98 Å². The maximum absolute atomic E-state index is 11.8. The lowest BCUT2D eigenvalue weighted by Crippen LogP contribution is -2.13. The van der Waals surface area contributed by atoms with Gasteiger partial charge in [-0.15, -0.1) is 11.3 Å². The van der Waals surface area contributed by atoms with Gasteiger partial charge in [0.15, 0.2) is 5.13 Å². The van der Waals surface area contributed by atoms with E-state index in [9.17, 15) is 9.59 Å². The quantitative estimate of drug-likeness (QED) is 0.907. The lowest BCUT2D eigenvalue weighted by atomic mass is 10.2. The minimum atomic E-state index is -0.615. The van der Waals surface area contributed by atoms with Crippen molar-refractivity contribution in [2.75, 3.05) is 5.32 Å². The Morgan fingerprint density at radius 1 is 1.28 bits per heavy atom. The number of hydrogen-bond donors (Lipinski definition) is 2. The fourth-order valence-corrected chi connectivity index (χ4v) is 2.17. The van der Waals surface area contributed by atoms with Crippen molar-refractivity contribution in [2.45, 2.75) is 0 Å². The Balaban J connectivity index is 2.11. The lowest BCUT2D eigenvalue weighted by Gasteiger charge is -2.01. The molecule has 18 heavy (non-hydrogen) atoms. The molecule has 0 radical (unpaired) electrons. The number of anilines is 1. The summed E-state index contributed by atoms with van der Waals surface area (Å²) in [6.07, 6.45) is 0. The standard InChI is InChI=1S/C11H8BrN3O2S/c12-7-3-1-6(2-4-7)10(17)15-11-14-8(5-18-11)9(13)16/h1-5H,(H2,13,16)(H,14,15,17). The average molecular weight is 326 g/mol. The topological polar surface area (TPSA) is 85.1 Å². The summed E-state index contributed by atoms with van der Waals surface area (Å²) >= 11 is 4.44. The van der Waals surface area contributed by atoms with Crippen LogP contribution in [-0.4, -0.2) is 16.8 Å². The minimum absolute atomic E-state index is 0.145. The monoisotopic (exact) mass is 325 g/mol. The molecule has 0 aliphatic heterocycles. The van der Waals surface area contributed by atoms with Gasteiger partial charge in [-0.3, -0.25) is 14.9 Å². The first kappa shape index (κ1) is 12.7. The van der Waals surface area contributed by atoms with Gasteiger partial charge in [0.25, 0.3) is 11.8 Å². The first-order valence-corrected chi connectivity index (χ1v) is 6.56. The maximum Gasteiger partial charge on any atom is 0.268 e. The van der Waals surface area contributed by atoms with Crippen LogP contribution in [0.3, 0.4) is 0 Å². The summed E-state index contributed by atoms with van der Waals surface area (Å²) in [6, 6.07) is 6.90. The van der Waals surface area contributed by atoms with E-state index in [1.54, 1.807) is 24.3 Å². The second-order valence-electron chi connectivity index (χ2n) is 3.36. The molecule has 0 spiro atoms. The zero-order valence-electron chi connectivity index (χ0n) is 9.01. The number of amides is 2. The van der Waals surface area contributed by atoms with Gasteiger partial charge in [-0.1, -0.05) is 15.9 Å². The number of halogens is 1. The van der Waals surface area contributed by atoms with Crippen LogP contribution in [0.5, 0.6) is 0 Å². The molecule has 0 unspecified atom stereocenters. The highest BCUT2D eigenvalue weighted by atomic mass is 79.9. The van der Waals surface area contributed by atoms with Gasteiger partial charge in [-0.25, -0.2) is 4.98 Å². The van der Waals surface area contributed by atoms with Crippen molar-refractivity contribution in [3.8, 4) is 0 Å². The zero-order valence-corrected chi connectivity index (χ0v) is 11.4. The third kappa shape index (κ3) is 2.93. The number of nitrogens with one attached hydrogen (secondary N) is 1. The molecular formula is C11H8BrN3O2S. The zero-order chi connectivity index (χ0) is 13.1. The normalized spacial score (nSPS) is 10.1. The van der Waals surface area contributed by atoms with Gasteiger partial charge in [0.05, 0.1) is 0 Å². The summed E-state index contributed by atoms with van der Waals surface area (Å²) < 4.78 is 0.893. The summed E-state index contributed by atoms with van der Waals surface area (Å²) in [6.45, 7) is 0. The van der Waals surface area contributed by atoms with Gasteiger partial charge in [-0.2, -0.15) is 0 Å². The lowest BCUT2D eigenvalue weighted by molar-refractivity contribution is 0.0992. The van der Waals surface area contributed by atoms with Crippen molar-refractivity contribution in [1.29, 1.82) is 0 Å². The van der Waals surface area contributed by atoms with Gasteiger partial charge in [-0.05, 0) is 24.3 Å². The highest BCUT2D eigenvalue weighted by Gasteiger charge is 2.10. The molecule has 2 rings (SSSR count). The predicted octanol–water partition coefficient (Wildman–Crippen LogP) is 2.26. The Hall–Kier alpha value is -1.73. The highest BCUT2D eigenvalue weighted by molar-refractivity contribution is 9.10. The van der Waals surface area contributed by atoms with E-state index in [4.69, 9.17) is 5.73 Å². The Morgan fingerprint density at radius 3 is 2.50 bits per heavy atom. The third-order valence-electron chi connectivity index (χ3n) is 2.08. The van der Waals surface area contributed by atoms with Crippen LogP contribution >= 0.6 is 27.3 Å². The summed E-state index contributed by atoms with van der Waals surface area (Å²) in [4.78, 5) is 26.6. The SMILES string of the molecule is NC(=O)c1csc(NC(=O)c2ccc(Br)cc2)n1. The summed E-state index contributed by atoms with van der Waals surface area (Å²) in [5, 5.41) is 4.44. The van der Waals surface area contributed by atoms with Crippen LogP contribution in [0.2, 0.25) is 0 Å². The van der Waals surface area contributed by atoms with Crippen molar-refractivity contribution in [2.24, 2.45) is 5.73 Å². The first-order chi connectivity index (χ1) is 8.56. The predicted molar refractivity (Wildman–Crippen MR) is 72.7 cm³/mol. The average Bonchev–Trinajstić information content (AvgIpc) is 2.78. The molecule has 1 aromatic heterocycles. The number of hydrogen-bond acceptors (Lipinski definition) is 4. The van der Waals surface area contributed by atoms with Crippen LogP contribution in [-0.2, 0) is 0 Å². The Labute approximate surface area is 115 Å². The smallest absolute Gasteiger partial charge is 0.268 e. The number of carbonyl (C=O) groups excluding carboxylic acids is 2. The van der Waals surface area contributed by atoms with Crippen LogP contribution in [0.25, 0.3) is 0 Å². The summed E-state index contributed by atoms with van der Waals surface area (Å²) in [7, 11) is 0. The number of nitrogens with zero attached hydrogens (tertiary/aromatic N) is 1. The van der Waals surface area contributed by atoms with Crippen LogP contribution in [0.1, 0.15) is 20.8 Å². The van der Waals surface area contributed by atoms with Crippen LogP contribution in [0.15, 0.2) is 34.1 Å². The van der Waals surface area contributed by atoms with Crippen LogP contribution < -0.4 is 11.1 Å². The molecule has 0 fully saturated rings. The van der Waals surface area contributed by atoms with Crippen LogP contribution in [0.4, 0.5) is 5.13 Å². The van der Waals surface area contributed by atoms with Gasteiger partial charge in [0, 0.05) is 15.4 Å². The number of primary amides is 1. The van der Waals surface area contributed by atoms with E-state index in [2.05, 4.69) is 26.2 Å². The van der Waals surface area contributed by atoms with E-state index in [0.717, 1.165) is 15.8 Å². The molecule has 0 saturated carbocycles. The fraction of sp³-hybridized carbons (Fsp3) is 0. The molecule has 0 aliphatic carbocycles. The third-order valence-corrected chi connectivity index (χ3v) is 3.37. The van der Waals surface area contributed by atoms with E-state index in [-0.39, 0.29) is 11.6 Å². The second-order valence-corrected chi connectivity index (χ2v) is 5.14. The van der Waals surface area contributed by atoms with Crippen molar-refractivity contribution in [3.05, 3.63) is 45.4 Å². The second kappa shape index (κ2) is 5.28. The molecule has 92 valence electrons. The molecule has 2 aromatic rings. The van der Waals surface area contributed by atoms with Gasteiger partial charge >= 0.3 is 0 Å². The first-order valence-electron chi connectivity index (χ1n) is 4.88. The molecule has 0 bridgehead atoms. The Bertz CT molecular complexity index is 595. The van der Waals surface area contributed by atoms with Gasteiger partial charge in [0.1, 0.15) is 5.69 Å². The van der Waals surface area contributed by atoms with E-state index in [0.29, 0.717) is 10.7 Å². The number of rotatable bonds is 3. The van der Waals surface area contributed by atoms with E-state index in [1.807, 2.05) is 0 Å². The number of aromatic nitrogens is 1. The van der Waals surface area contributed by atoms with E-state index < -0.39 is 5.91 Å². The van der Waals surface area contributed by atoms with Gasteiger partial charge in [0.2, 0.25) is 0 Å². The molecule has 1 heterocycles. The fourth-order valence-electron chi connectivity index (χ4n) is 1.21. The number of carbonyl (C=O) groups is 2. The Kier molecular flexibility index (Phi) is 3.73. The number of nitrogens with two attached hydrogens (primary N) is 1. The Morgan fingerprint density at radius 2 is 1.94 bits per heavy atom. The highest BCUT2D eigenvalue weighted by Crippen LogP contribution is 2.17. The molecule has 0 atom stereocenters. The molecule has 5 nitrogen and oxygen atoms in total. The molecule has 1 aromatic carbocycles. The maximum atomic E-state index is 11.8. The molecule has 3 N–H and O–H groups in total. The van der Waals surface area contributed by atoms with Crippen molar-refractivity contribution in [3.63, 3.8) is 0 Å². The molecule has 0 saturated heterocycles. The van der Waals surface area contributed by atoms with Crippen molar-refractivity contribution < 1.29 is 9.59 Å². The van der Waals surface area contributed by atoms with E-state index in [1.165, 1.54) is 5.38 Å². The van der Waals surface area contributed by atoms with Crippen LogP contribution in [0, 0.1) is 0 Å². The molecule has 0 aliphatic rings. The summed E-state index contributed by atoms with van der Waals surface area (Å²) in [5.74, 6) is -0.900. The minimum Gasteiger partial charge on any atom is -0.364 e. The molecule has 2 amide bonds. The summed E-state index contributed by atoms with van der Waals surface area (Å²) in [5.41, 5.74) is 5.73. The number of benzene rings is 1.